The number of hydrogen-bond donors (Lipinski definition) is 2. The number of nitrogens with two attached hydrogens (primary N) is 1. The molecule has 0 radical (unpaired) electrons. The molecule has 1 atom stereocenters. The third-order valence-electron chi connectivity index (χ3n) is 5.08. The molecule has 1 amide bonds. The number of aliphatic hydroxyl groups is 1. The van der Waals surface area contributed by atoms with E-state index in [-0.39, 0.29) is 26.2 Å². The first-order valence-corrected chi connectivity index (χ1v) is 12.3. The number of anilines is 1. The highest BCUT2D eigenvalue weighted by molar-refractivity contribution is 7.93. The van der Waals surface area contributed by atoms with Crippen molar-refractivity contribution in [2.75, 3.05) is 10.8 Å². The highest BCUT2D eigenvalue weighted by Gasteiger charge is 2.32. The molecule has 10 heteroatoms. The third-order valence-corrected chi connectivity index (χ3v) is 7.96. The van der Waals surface area contributed by atoms with Crippen molar-refractivity contribution in [3.8, 4) is 0 Å². The van der Waals surface area contributed by atoms with E-state index in [0.29, 0.717) is 21.7 Å². The standard InChI is InChI=1S/C23H21Cl3N2O4S/c1-13-10-21(14(2)9-19(13)26)33(31,32)28(12-22(27)29)20-8-7-15(24)11-17(20)23(30)16-5-3-4-6-18(16)25/h3-11,23,30H,12H2,1-2H3,(H2,27,29). The number of primary amides is 1. The fourth-order valence-corrected chi connectivity index (χ4v) is 5.82. The van der Waals surface area contributed by atoms with Gasteiger partial charge >= 0.3 is 0 Å². The Labute approximate surface area is 207 Å². The summed E-state index contributed by atoms with van der Waals surface area (Å²) in [5, 5.41) is 12.1. The number of halogens is 3. The number of amides is 1. The normalized spacial score (nSPS) is 12.4. The van der Waals surface area contributed by atoms with Crippen LogP contribution in [0.25, 0.3) is 0 Å². The fraction of sp³-hybridized carbons (Fsp3) is 0.174. The number of carbonyl (C=O) groups excluding carboxylic acids is 1. The molecule has 0 aromatic heterocycles. The van der Waals surface area contributed by atoms with E-state index in [9.17, 15) is 18.3 Å². The SMILES string of the molecule is Cc1cc(S(=O)(=O)N(CC(N)=O)c2ccc(Cl)cc2C(O)c2ccccc2Cl)c(C)cc1Cl. The van der Waals surface area contributed by atoms with Gasteiger partial charge in [0.1, 0.15) is 12.6 Å². The average Bonchev–Trinajstić information content (AvgIpc) is 2.74. The van der Waals surface area contributed by atoms with E-state index in [1.54, 1.807) is 38.1 Å². The quantitative estimate of drug-likeness (QED) is 0.450. The maximum Gasteiger partial charge on any atom is 0.265 e. The molecule has 0 aliphatic heterocycles. The first kappa shape index (κ1) is 25.3. The number of aryl methyl sites for hydroxylation is 2. The van der Waals surface area contributed by atoms with Crippen LogP contribution in [0.2, 0.25) is 15.1 Å². The van der Waals surface area contributed by atoms with Crippen molar-refractivity contribution in [1.29, 1.82) is 0 Å². The topological polar surface area (TPSA) is 101 Å². The second kappa shape index (κ2) is 9.91. The van der Waals surface area contributed by atoms with Crippen molar-refractivity contribution in [2.45, 2.75) is 24.8 Å². The van der Waals surface area contributed by atoms with Gasteiger partial charge in [-0.2, -0.15) is 0 Å². The number of hydrogen-bond acceptors (Lipinski definition) is 4. The van der Waals surface area contributed by atoms with E-state index in [2.05, 4.69) is 0 Å². The van der Waals surface area contributed by atoms with Crippen LogP contribution >= 0.6 is 34.8 Å². The van der Waals surface area contributed by atoms with Crippen LogP contribution in [0.15, 0.2) is 59.5 Å². The zero-order valence-electron chi connectivity index (χ0n) is 17.7. The molecular weight excluding hydrogens is 507 g/mol. The molecular formula is C23H21Cl3N2O4S. The zero-order chi connectivity index (χ0) is 24.5. The van der Waals surface area contributed by atoms with Crippen LogP contribution in [0.5, 0.6) is 0 Å². The molecule has 6 nitrogen and oxygen atoms in total. The van der Waals surface area contributed by atoms with Crippen molar-refractivity contribution in [2.24, 2.45) is 5.73 Å². The highest BCUT2D eigenvalue weighted by atomic mass is 35.5. The Morgan fingerprint density at radius 2 is 1.64 bits per heavy atom. The monoisotopic (exact) mass is 526 g/mol. The lowest BCUT2D eigenvalue weighted by Gasteiger charge is -2.28. The summed E-state index contributed by atoms with van der Waals surface area (Å²) in [5.41, 5.74) is 6.88. The molecule has 174 valence electrons. The number of aliphatic hydroxyl groups excluding tert-OH is 1. The van der Waals surface area contributed by atoms with E-state index in [1.165, 1.54) is 30.3 Å². The Morgan fingerprint density at radius 3 is 2.27 bits per heavy atom. The summed E-state index contributed by atoms with van der Waals surface area (Å²) < 4.78 is 28.4. The first-order chi connectivity index (χ1) is 15.4. The second-order valence-electron chi connectivity index (χ2n) is 7.47. The molecule has 0 spiro atoms. The number of benzene rings is 3. The minimum atomic E-state index is -4.29. The van der Waals surface area contributed by atoms with Crippen LogP contribution in [0, 0.1) is 13.8 Å². The number of rotatable bonds is 7. The van der Waals surface area contributed by atoms with Gasteiger partial charge in [-0.25, -0.2) is 8.42 Å². The lowest BCUT2D eigenvalue weighted by atomic mass is 9.99. The zero-order valence-corrected chi connectivity index (χ0v) is 20.8. The number of nitrogens with zero attached hydrogens (tertiary/aromatic N) is 1. The van der Waals surface area contributed by atoms with Crippen LogP contribution in [0.4, 0.5) is 5.69 Å². The van der Waals surface area contributed by atoms with Gasteiger partial charge in [0.25, 0.3) is 10.0 Å². The van der Waals surface area contributed by atoms with Crippen LogP contribution in [0.1, 0.15) is 28.4 Å². The Kier molecular flexibility index (Phi) is 7.61. The third kappa shape index (κ3) is 5.28. The molecule has 3 rings (SSSR count). The predicted molar refractivity (Wildman–Crippen MR) is 132 cm³/mol. The molecule has 3 aromatic rings. The van der Waals surface area contributed by atoms with Gasteiger partial charge in [0, 0.05) is 26.2 Å². The van der Waals surface area contributed by atoms with Crippen molar-refractivity contribution in [3.05, 3.63) is 91.9 Å². The Morgan fingerprint density at radius 1 is 0.970 bits per heavy atom. The Bertz CT molecular complexity index is 1330. The minimum absolute atomic E-state index is 0.0395. The van der Waals surface area contributed by atoms with E-state index in [1.807, 2.05) is 0 Å². The van der Waals surface area contributed by atoms with Crippen molar-refractivity contribution in [3.63, 3.8) is 0 Å². The molecule has 33 heavy (non-hydrogen) atoms. The van der Waals surface area contributed by atoms with E-state index in [4.69, 9.17) is 40.5 Å². The van der Waals surface area contributed by atoms with E-state index in [0.717, 1.165) is 4.31 Å². The smallest absolute Gasteiger partial charge is 0.265 e. The fourth-order valence-electron chi connectivity index (χ4n) is 3.43. The van der Waals surface area contributed by atoms with Gasteiger partial charge < -0.3 is 10.8 Å². The van der Waals surface area contributed by atoms with Crippen molar-refractivity contribution >= 4 is 56.4 Å². The molecule has 0 aliphatic rings. The van der Waals surface area contributed by atoms with Crippen LogP contribution in [0.3, 0.4) is 0 Å². The molecule has 0 aliphatic carbocycles. The molecule has 1 unspecified atom stereocenters. The average molecular weight is 528 g/mol. The summed E-state index contributed by atoms with van der Waals surface area (Å²) in [6, 6.07) is 13.9. The summed E-state index contributed by atoms with van der Waals surface area (Å²) in [7, 11) is -4.29. The number of carbonyl (C=O) groups is 1. The summed E-state index contributed by atoms with van der Waals surface area (Å²) >= 11 is 18.6. The van der Waals surface area contributed by atoms with E-state index < -0.39 is 28.6 Å². The predicted octanol–water partition coefficient (Wildman–Crippen LogP) is 5.03. The molecule has 0 heterocycles. The van der Waals surface area contributed by atoms with Gasteiger partial charge in [0.2, 0.25) is 5.91 Å². The Balaban J connectivity index is 2.26. The summed E-state index contributed by atoms with van der Waals surface area (Å²) in [6.07, 6.45) is -1.33. The van der Waals surface area contributed by atoms with Crippen LogP contribution < -0.4 is 10.0 Å². The Hall–Kier alpha value is -2.29. The lowest BCUT2D eigenvalue weighted by molar-refractivity contribution is -0.116. The molecule has 0 saturated carbocycles. The maximum absolute atomic E-state index is 13.8. The molecule has 3 aromatic carbocycles. The van der Waals surface area contributed by atoms with Gasteiger partial charge in [0.05, 0.1) is 10.6 Å². The largest absolute Gasteiger partial charge is 0.384 e. The van der Waals surface area contributed by atoms with Gasteiger partial charge in [0.15, 0.2) is 0 Å². The maximum atomic E-state index is 13.8. The van der Waals surface area contributed by atoms with E-state index >= 15 is 0 Å². The summed E-state index contributed by atoms with van der Waals surface area (Å²) in [4.78, 5) is 11.9. The second-order valence-corrected chi connectivity index (χ2v) is 10.6. The van der Waals surface area contributed by atoms with Gasteiger partial charge in [-0.1, -0.05) is 53.0 Å². The minimum Gasteiger partial charge on any atom is -0.384 e. The van der Waals surface area contributed by atoms with Gasteiger partial charge in [-0.3, -0.25) is 9.10 Å². The van der Waals surface area contributed by atoms with Crippen molar-refractivity contribution < 1.29 is 18.3 Å². The number of sulfonamides is 1. The van der Waals surface area contributed by atoms with Gasteiger partial charge in [-0.05, 0) is 61.4 Å². The van der Waals surface area contributed by atoms with Crippen LogP contribution in [-0.4, -0.2) is 26.0 Å². The molecule has 0 saturated heterocycles. The van der Waals surface area contributed by atoms with Crippen LogP contribution in [-0.2, 0) is 14.8 Å². The van der Waals surface area contributed by atoms with Crippen molar-refractivity contribution in [1.82, 2.24) is 0 Å². The summed E-state index contributed by atoms with van der Waals surface area (Å²) in [6.45, 7) is 2.61. The summed E-state index contributed by atoms with van der Waals surface area (Å²) in [5.74, 6) is -0.880. The highest BCUT2D eigenvalue weighted by Crippen LogP contribution is 2.38. The molecule has 3 N–H and O–H groups in total. The molecule has 0 fully saturated rings. The molecule has 0 bridgehead atoms. The lowest BCUT2D eigenvalue weighted by Crippen LogP contribution is -2.39. The van der Waals surface area contributed by atoms with Gasteiger partial charge in [-0.15, -0.1) is 0 Å². The first-order valence-electron chi connectivity index (χ1n) is 9.73.